The zero-order chi connectivity index (χ0) is 16.8. The summed E-state index contributed by atoms with van der Waals surface area (Å²) in [5.41, 5.74) is 3.31. The Labute approximate surface area is 137 Å². The van der Waals surface area contributed by atoms with Gasteiger partial charge in [-0.25, -0.2) is 9.97 Å². The van der Waals surface area contributed by atoms with Crippen molar-refractivity contribution >= 4 is 17.4 Å². The van der Waals surface area contributed by atoms with Crippen molar-refractivity contribution in [2.24, 2.45) is 0 Å². The molecule has 122 valence electrons. The van der Waals surface area contributed by atoms with Gasteiger partial charge in [0, 0.05) is 19.3 Å². The minimum atomic E-state index is -0.243. The van der Waals surface area contributed by atoms with Gasteiger partial charge in [-0.05, 0) is 31.9 Å². The first-order valence-corrected chi connectivity index (χ1v) is 7.93. The lowest BCUT2D eigenvalue weighted by molar-refractivity contribution is 0.102. The third-order valence-electron chi connectivity index (χ3n) is 3.74. The van der Waals surface area contributed by atoms with Crippen molar-refractivity contribution in [3.8, 4) is 0 Å². The SMILES string of the molecule is CCCCN(C)c1cnc(C(=O)Nc2ccc(C)cc2C)cn1. The molecule has 0 unspecified atom stereocenters. The number of nitrogens with one attached hydrogen (secondary N) is 1. The van der Waals surface area contributed by atoms with Crippen LogP contribution in [0.15, 0.2) is 30.6 Å². The largest absolute Gasteiger partial charge is 0.358 e. The van der Waals surface area contributed by atoms with Gasteiger partial charge in [-0.1, -0.05) is 31.0 Å². The van der Waals surface area contributed by atoms with Crippen molar-refractivity contribution in [2.45, 2.75) is 33.6 Å². The third kappa shape index (κ3) is 4.52. The number of nitrogens with zero attached hydrogens (tertiary/aromatic N) is 3. The Morgan fingerprint density at radius 2 is 2.00 bits per heavy atom. The highest BCUT2D eigenvalue weighted by Gasteiger charge is 2.11. The average molecular weight is 312 g/mol. The first-order valence-electron chi connectivity index (χ1n) is 7.93. The molecule has 5 heteroatoms. The predicted molar refractivity (Wildman–Crippen MR) is 94.1 cm³/mol. The van der Waals surface area contributed by atoms with E-state index in [1.54, 1.807) is 6.20 Å². The van der Waals surface area contributed by atoms with Gasteiger partial charge in [0.15, 0.2) is 0 Å². The second-order valence-electron chi connectivity index (χ2n) is 5.81. The van der Waals surface area contributed by atoms with Gasteiger partial charge >= 0.3 is 0 Å². The standard InChI is InChI=1S/C18H24N4O/c1-5-6-9-22(4)17-12-19-16(11-20-17)18(23)21-15-8-7-13(2)10-14(15)3/h7-8,10-12H,5-6,9H2,1-4H3,(H,21,23). The fourth-order valence-electron chi connectivity index (χ4n) is 2.29. The number of unbranched alkanes of at least 4 members (excludes halogenated alkanes) is 1. The zero-order valence-corrected chi connectivity index (χ0v) is 14.3. The van der Waals surface area contributed by atoms with Gasteiger partial charge in [-0.15, -0.1) is 0 Å². The molecule has 0 saturated heterocycles. The van der Waals surface area contributed by atoms with E-state index >= 15 is 0 Å². The van der Waals surface area contributed by atoms with Gasteiger partial charge in [-0.3, -0.25) is 4.79 Å². The first-order chi connectivity index (χ1) is 11.0. The average Bonchev–Trinajstić information content (AvgIpc) is 2.55. The Kier molecular flexibility index (Phi) is 5.68. The molecule has 0 bridgehead atoms. The van der Waals surface area contributed by atoms with E-state index in [1.165, 1.54) is 11.8 Å². The van der Waals surface area contributed by atoms with Crippen LogP contribution in [0.4, 0.5) is 11.5 Å². The fourth-order valence-corrected chi connectivity index (χ4v) is 2.29. The minimum Gasteiger partial charge on any atom is -0.358 e. The summed E-state index contributed by atoms with van der Waals surface area (Å²) in [6.45, 7) is 7.08. The molecular formula is C18H24N4O. The van der Waals surface area contributed by atoms with Gasteiger partial charge in [0.2, 0.25) is 0 Å². The molecular weight excluding hydrogens is 288 g/mol. The van der Waals surface area contributed by atoms with Crippen LogP contribution in [0.1, 0.15) is 41.4 Å². The topological polar surface area (TPSA) is 58.1 Å². The Morgan fingerprint density at radius 1 is 1.22 bits per heavy atom. The number of carbonyl (C=O) groups is 1. The summed E-state index contributed by atoms with van der Waals surface area (Å²) < 4.78 is 0. The summed E-state index contributed by atoms with van der Waals surface area (Å²) in [4.78, 5) is 22.9. The van der Waals surface area contributed by atoms with Crippen LogP contribution in [0.5, 0.6) is 0 Å². The third-order valence-corrected chi connectivity index (χ3v) is 3.74. The van der Waals surface area contributed by atoms with Crippen molar-refractivity contribution in [1.82, 2.24) is 9.97 Å². The van der Waals surface area contributed by atoms with Gasteiger partial charge in [-0.2, -0.15) is 0 Å². The smallest absolute Gasteiger partial charge is 0.275 e. The van der Waals surface area contributed by atoms with Crippen molar-refractivity contribution in [3.05, 3.63) is 47.4 Å². The molecule has 0 aliphatic heterocycles. The van der Waals surface area contributed by atoms with E-state index in [4.69, 9.17) is 0 Å². The molecule has 1 aromatic carbocycles. The summed E-state index contributed by atoms with van der Waals surface area (Å²) in [6.07, 6.45) is 5.41. The number of amides is 1. The van der Waals surface area contributed by atoms with E-state index in [9.17, 15) is 4.79 Å². The molecule has 1 aromatic heterocycles. The van der Waals surface area contributed by atoms with Crippen LogP contribution in [0.25, 0.3) is 0 Å². The van der Waals surface area contributed by atoms with E-state index in [0.717, 1.165) is 36.5 Å². The number of benzene rings is 1. The predicted octanol–water partition coefficient (Wildman–Crippen LogP) is 3.58. The highest BCUT2D eigenvalue weighted by atomic mass is 16.1. The summed E-state index contributed by atoms with van der Waals surface area (Å²) in [5.74, 6) is 0.536. The lowest BCUT2D eigenvalue weighted by atomic mass is 10.1. The van der Waals surface area contributed by atoms with E-state index in [-0.39, 0.29) is 5.91 Å². The molecule has 0 fully saturated rings. The second kappa shape index (κ2) is 7.72. The zero-order valence-electron chi connectivity index (χ0n) is 14.3. The quantitative estimate of drug-likeness (QED) is 0.885. The molecule has 1 amide bonds. The minimum absolute atomic E-state index is 0.243. The van der Waals surface area contributed by atoms with Crippen LogP contribution in [0.3, 0.4) is 0 Å². The monoisotopic (exact) mass is 312 g/mol. The number of anilines is 2. The van der Waals surface area contributed by atoms with Crippen molar-refractivity contribution in [3.63, 3.8) is 0 Å². The number of carbonyl (C=O) groups excluding carboxylic acids is 1. The number of aromatic nitrogens is 2. The van der Waals surface area contributed by atoms with Crippen LogP contribution in [-0.2, 0) is 0 Å². The Hall–Kier alpha value is -2.43. The van der Waals surface area contributed by atoms with Crippen molar-refractivity contribution < 1.29 is 4.79 Å². The summed E-state index contributed by atoms with van der Waals surface area (Å²) in [7, 11) is 1.98. The van der Waals surface area contributed by atoms with Crippen LogP contribution in [0.2, 0.25) is 0 Å². The normalized spacial score (nSPS) is 10.4. The number of hydrogen-bond acceptors (Lipinski definition) is 4. The Balaban J connectivity index is 2.05. The molecule has 5 nitrogen and oxygen atoms in total. The molecule has 1 heterocycles. The molecule has 1 N–H and O–H groups in total. The maximum absolute atomic E-state index is 12.3. The Morgan fingerprint density at radius 3 is 2.61 bits per heavy atom. The van der Waals surface area contributed by atoms with Crippen molar-refractivity contribution in [1.29, 1.82) is 0 Å². The molecule has 2 aromatic rings. The summed E-state index contributed by atoms with van der Waals surface area (Å²) in [6, 6.07) is 5.91. The van der Waals surface area contributed by atoms with E-state index in [1.807, 2.05) is 44.0 Å². The van der Waals surface area contributed by atoms with Crippen LogP contribution < -0.4 is 10.2 Å². The fraction of sp³-hybridized carbons (Fsp3) is 0.389. The van der Waals surface area contributed by atoms with E-state index in [0.29, 0.717) is 5.69 Å². The number of aryl methyl sites for hydroxylation is 2. The summed E-state index contributed by atoms with van der Waals surface area (Å²) in [5, 5.41) is 2.88. The van der Waals surface area contributed by atoms with E-state index in [2.05, 4.69) is 22.2 Å². The van der Waals surface area contributed by atoms with Gasteiger partial charge in [0.25, 0.3) is 5.91 Å². The number of hydrogen-bond donors (Lipinski definition) is 1. The molecule has 0 saturated carbocycles. The van der Waals surface area contributed by atoms with Crippen LogP contribution in [-0.4, -0.2) is 29.5 Å². The molecule has 0 aliphatic rings. The first kappa shape index (κ1) is 16.9. The van der Waals surface area contributed by atoms with Crippen molar-refractivity contribution in [2.75, 3.05) is 23.8 Å². The molecule has 2 rings (SSSR count). The van der Waals surface area contributed by atoms with E-state index < -0.39 is 0 Å². The maximum Gasteiger partial charge on any atom is 0.275 e. The highest BCUT2D eigenvalue weighted by molar-refractivity contribution is 6.03. The van der Waals surface area contributed by atoms with Gasteiger partial charge in [0.05, 0.1) is 12.4 Å². The summed E-state index contributed by atoms with van der Waals surface area (Å²) >= 11 is 0. The lowest BCUT2D eigenvalue weighted by Crippen LogP contribution is -2.21. The lowest BCUT2D eigenvalue weighted by Gasteiger charge is -2.17. The van der Waals surface area contributed by atoms with Crippen LogP contribution >= 0.6 is 0 Å². The highest BCUT2D eigenvalue weighted by Crippen LogP contribution is 2.17. The molecule has 0 spiro atoms. The van der Waals surface area contributed by atoms with Gasteiger partial charge < -0.3 is 10.2 Å². The maximum atomic E-state index is 12.3. The second-order valence-corrected chi connectivity index (χ2v) is 5.81. The molecule has 0 radical (unpaired) electrons. The molecule has 23 heavy (non-hydrogen) atoms. The molecule has 0 atom stereocenters. The Bertz CT molecular complexity index is 667. The number of rotatable bonds is 6. The van der Waals surface area contributed by atoms with Crippen LogP contribution in [0, 0.1) is 13.8 Å². The van der Waals surface area contributed by atoms with Gasteiger partial charge in [0.1, 0.15) is 11.5 Å². The molecule has 0 aliphatic carbocycles.